The first-order chi connectivity index (χ1) is 7.58. The summed E-state index contributed by atoms with van der Waals surface area (Å²) in [5, 5.41) is 2.29. The van der Waals surface area contributed by atoms with Crippen LogP contribution in [0.4, 0.5) is 0 Å². The van der Waals surface area contributed by atoms with E-state index in [1.54, 1.807) is 5.20 Å². The van der Waals surface area contributed by atoms with Crippen molar-refractivity contribution in [2.24, 2.45) is 0 Å². The van der Waals surface area contributed by atoms with Gasteiger partial charge in [0.25, 0.3) is 0 Å². The van der Waals surface area contributed by atoms with E-state index in [1.165, 1.54) is 38.5 Å². The van der Waals surface area contributed by atoms with Crippen molar-refractivity contribution in [1.82, 2.24) is 0 Å². The second-order valence-corrected chi connectivity index (χ2v) is 9.52. The zero-order chi connectivity index (χ0) is 12.0. The first kappa shape index (κ1) is 13.8. The minimum Gasteiger partial charge on any atom is -0.0853 e. The number of hydrogen-bond acceptors (Lipinski definition) is 0. The number of rotatable bonds is 6. The third kappa shape index (κ3) is 3.93. The van der Waals surface area contributed by atoms with Crippen LogP contribution in [0.15, 0.2) is 23.4 Å². The molecule has 0 aromatic rings. The van der Waals surface area contributed by atoms with Crippen LogP contribution in [0.2, 0.25) is 11.6 Å². The summed E-state index contributed by atoms with van der Waals surface area (Å²) in [6, 6.07) is 0. The molecule has 0 heterocycles. The van der Waals surface area contributed by atoms with Crippen LogP contribution in [0, 0.1) is 0 Å². The fourth-order valence-corrected chi connectivity index (χ4v) is 4.94. The Bertz CT molecular complexity index is 261. The number of unbranched alkanes of at least 4 members (excludes halogenated alkanes) is 2. The van der Waals surface area contributed by atoms with Crippen LogP contribution in [-0.4, -0.2) is 8.80 Å². The second kappa shape index (κ2) is 6.44. The van der Waals surface area contributed by atoms with Crippen LogP contribution in [-0.2, 0) is 0 Å². The largest absolute Gasteiger partial charge is 0.0853 e. The maximum atomic E-state index is 2.54. The van der Waals surface area contributed by atoms with Gasteiger partial charge in [-0.2, -0.15) is 0 Å². The van der Waals surface area contributed by atoms with Crippen LogP contribution in [0.3, 0.4) is 0 Å². The first-order valence-electron chi connectivity index (χ1n) is 6.94. The molecule has 0 aliphatic heterocycles. The van der Waals surface area contributed by atoms with Gasteiger partial charge in [-0.25, -0.2) is 0 Å². The van der Waals surface area contributed by atoms with Crippen molar-refractivity contribution in [1.29, 1.82) is 0 Å². The van der Waals surface area contributed by atoms with E-state index in [-0.39, 0.29) is 0 Å². The van der Waals surface area contributed by atoms with Gasteiger partial charge in [-0.15, -0.1) is 0 Å². The molecule has 0 saturated heterocycles. The summed E-state index contributed by atoms with van der Waals surface area (Å²) in [6.45, 7) is 9.80. The SMILES string of the molecule is CCCCCC(C)(C)[SiH](C)C1=CCCC=C1. The molecule has 1 aliphatic rings. The summed E-state index contributed by atoms with van der Waals surface area (Å²) < 4.78 is 0. The minimum atomic E-state index is -0.761. The van der Waals surface area contributed by atoms with Gasteiger partial charge in [-0.1, -0.05) is 76.4 Å². The molecule has 1 atom stereocenters. The number of allylic oxidation sites excluding steroid dienone is 4. The van der Waals surface area contributed by atoms with Crippen molar-refractivity contribution < 1.29 is 0 Å². The molecule has 92 valence electrons. The van der Waals surface area contributed by atoms with Crippen LogP contribution in [0.25, 0.3) is 0 Å². The quantitative estimate of drug-likeness (QED) is 0.449. The lowest BCUT2D eigenvalue weighted by atomic mass is 10.0. The molecule has 1 rings (SSSR count). The molecular formula is C15H28Si. The molecule has 0 aromatic heterocycles. The molecule has 0 spiro atoms. The van der Waals surface area contributed by atoms with Crippen LogP contribution < -0.4 is 0 Å². The standard InChI is InChI=1S/C15H28Si/c1-5-6-10-13-15(2,3)16(4)14-11-8-7-9-12-14/h8,11-12,16H,5-7,9-10,13H2,1-4H3. The molecule has 0 bridgehead atoms. The zero-order valence-corrected chi connectivity index (χ0v) is 12.7. The molecule has 0 fully saturated rings. The van der Waals surface area contributed by atoms with Gasteiger partial charge in [0.05, 0.1) is 8.80 Å². The lowest BCUT2D eigenvalue weighted by Gasteiger charge is -2.32. The average molecular weight is 236 g/mol. The van der Waals surface area contributed by atoms with E-state index in [9.17, 15) is 0 Å². The highest BCUT2D eigenvalue weighted by Gasteiger charge is 2.28. The summed E-state index contributed by atoms with van der Waals surface area (Å²) in [5.41, 5.74) is 0. The molecule has 1 unspecified atom stereocenters. The Morgan fingerprint density at radius 2 is 2.00 bits per heavy atom. The lowest BCUT2D eigenvalue weighted by Crippen LogP contribution is -2.27. The molecule has 0 nitrogen and oxygen atoms in total. The van der Waals surface area contributed by atoms with Gasteiger partial charge in [0, 0.05) is 0 Å². The minimum absolute atomic E-state index is 0.586. The van der Waals surface area contributed by atoms with Gasteiger partial charge >= 0.3 is 0 Å². The van der Waals surface area contributed by atoms with E-state index in [0.29, 0.717) is 5.04 Å². The first-order valence-corrected chi connectivity index (χ1v) is 9.25. The van der Waals surface area contributed by atoms with E-state index in [4.69, 9.17) is 0 Å². The van der Waals surface area contributed by atoms with Crippen molar-refractivity contribution >= 4 is 8.80 Å². The fourth-order valence-electron chi connectivity index (χ4n) is 2.45. The van der Waals surface area contributed by atoms with Gasteiger partial charge in [-0.3, -0.25) is 0 Å². The zero-order valence-electron chi connectivity index (χ0n) is 11.6. The Morgan fingerprint density at radius 1 is 1.25 bits per heavy atom. The smallest absolute Gasteiger partial charge is 0.0729 e. The van der Waals surface area contributed by atoms with Crippen LogP contribution in [0.1, 0.15) is 59.3 Å². The normalized spacial score (nSPS) is 18.4. The van der Waals surface area contributed by atoms with Crippen molar-refractivity contribution in [2.45, 2.75) is 70.9 Å². The van der Waals surface area contributed by atoms with Gasteiger partial charge < -0.3 is 0 Å². The Labute approximate surface area is 103 Å². The van der Waals surface area contributed by atoms with Gasteiger partial charge in [-0.05, 0) is 17.9 Å². The summed E-state index contributed by atoms with van der Waals surface area (Å²) >= 11 is 0. The van der Waals surface area contributed by atoms with E-state index in [1.807, 2.05) is 0 Å². The van der Waals surface area contributed by atoms with Crippen molar-refractivity contribution in [3.8, 4) is 0 Å². The monoisotopic (exact) mass is 236 g/mol. The van der Waals surface area contributed by atoms with Crippen molar-refractivity contribution in [3.63, 3.8) is 0 Å². The summed E-state index contributed by atoms with van der Waals surface area (Å²) in [4.78, 5) is 0. The molecule has 0 aromatic carbocycles. The topological polar surface area (TPSA) is 0 Å². The Balaban J connectivity index is 2.53. The Morgan fingerprint density at radius 3 is 2.56 bits per heavy atom. The third-order valence-electron chi connectivity index (χ3n) is 4.12. The van der Waals surface area contributed by atoms with Gasteiger partial charge in [0.2, 0.25) is 0 Å². The third-order valence-corrected chi connectivity index (χ3v) is 8.18. The number of hydrogen-bond donors (Lipinski definition) is 0. The second-order valence-electron chi connectivity index (χ2n) is 5.85. The summed E-state index contributed by atoms with van der Waals surface area (Å²) in [6.07, 6.45) is 15.4. The lowest BCUT2D eigenvalue weighted by molar-refractivity contribution is 0.543. The highest BCUT2D eigenvalue weighted by Crippen LogP contribution is 2.38. The molecule has 0 saturated carbocycles. The highest BCUT2D eigenvalue weighted by atomic mass is 28.3. The maximum absolute atomic E-state index is 2.54. The molecule has 1 aliphatic carbocycles. The van der Waals surface area contributed by atoms with E-state index in [2.05, 4.69) is 45.5 Å². The summed E-state index contributed by atoms with van der Waals surface area (Å²) in [5.74, 6) is 0. The Hall–Kier alpha value is -0.303. The molecule has 0 radical (unpaired) electrons. The van der Waals surface area contributed by atoms with E-state index >= 15 is 0 Å². The average Bonchev–Trinajstić information content (AvgIpc) is 2.29. The molecular weight excluding hydrogens is 208 g/mol. The van der Waals surface area contributed by atoms with Crippen LogP contribution >= 0.6 is 0 Å². The molecule has 16 heavy (non-hydrogen) atoms. The molecule has 0 amide bonds. The Kier molecular flexibility index (Phi) is 5.54. The molecule has 1 heteroatoms. The maximum Gasteiger partial charge on any atom is 0.0729 e. The van der Waals surface area contributed by atoms with Gasteiger partial charge in [0.15, 0.2) is 0 Å². The highest BCUT2D eigenvalue weighted by molar-refractivity contribution is 6.69. The van der Waals surface area contributed by atoms with Gasteiger partial charge in [0.1, 0.15) is 0 Å². The van der Waals surface area contributed by atoms with E-state index < -0.39 is 8.80 Å². The van der Waals surface area contributed by atoms with Crippen molar-refractivity contribution in [2.75, 3.05) is 0 Å². The molecule has 0 N–H and O–H groups in total. The predicted molar refractivity (Wildman–Crippen MR) is 77.7 cm³/mol. The van der Waals surface area contributed by atoms with E-state index in [0.717, 1.165) is 0 Å². The van der Waals surface area contributed by atoms with Crippen molar-refractivity contribution in [3.05, 3.63) is 23.4 Å². The predicted octanol–water partition coefficient (Wildman–Crippen LogP) is 5.02. The fraction of sp³-hybridized carbons (Fsp3) is 0.733. The summed E-state index contributed by atoms with van der Waals surface area (Å²) in [7, 11) is -0.761. The van der Waals surface area contributed by atoms with Crippen LogP contribution in [0.5, 0.6) is 0 Å².